The molecular weight excluding hydrogens is 356 g/mol. The number of aliphatic imine (C=N–C) groups is 1. The topological polar surface area (TPSA) is 74.1 Å². The van der Waals surface area contributed by atoms with E-state index >= 15 is 0 Å². The van der Waals surface area contributed by atoms with Gasteiger partial charge in [0.25, 0.3) is 0 Å². The Kier molecular flexibility index (Phi) is 5.68. The summed E-state index contributed by atoms with van der Waals surface area (Å²) in [4.78, 5) is 4.78. The maximum absolute atomic E-state index is 11.6. The van der Waals surface area contributed by atoms with Crippen LogP contribution in [0.25, 0.3) is 0 Å². The predicted molar refractivity (Wildman–Crippen MR) is 106 cm³/mol. The molecule has 0 amide bonds. The van der Waals surface area contributed by atoms with E-state index in [-0.39, 0.29) is 0 Å². The number of amidine groups is 1. The lowest BCUT2D eigenvalue weighted by Gasteiger charge is -2.21. The highest BCUT2D eigenvalue weighted by molar-refractivity contribution is 8.14. The number of hydrogen-bond acceptors (Lipinski definition) is 5. The molecule has 1 saturated carbocycles. The summed E-state index contributed by atoms with van der Waals surface area (Å²) in [5.74, 6) is 0.764. The molecule has 1 N–H and O–H groups in total. The molecule has 0 radical (unpaired) electrons. The zero-order chi connectivity index (χ0) is 17.9. The Hall–Kier alpha value is -1.54. The highest BCUT2D eigenvalue weighted by Crippen LogP contribution is 2.23. The number of hydrogen-bond donors (Lipinski definition) is 1. The summed E-state index contributed by atoms with van der Waals surface area (Å²) in [5, 5.41) is 5.36. The van der Waals surface area contributed by atoms with Crippen molar-refractivity contribution < 1.29 is 8.42 Å². The summed E-state index contributed by atoms with van der Waals surface area (Å²) in [6.07, 6.45) is 7.42. The molecule has 0 unspecified atom stereocenters. The van der Waals surface area contributed by atoms with Gasteiger partial charge in [0.2, 0.25) is 10.0 Å². The van der Waals surface area contributed by atoms with Crippen LogP contribution < -0.4 is 9.73 Å². The van der Waals surface area contributed by atoms with Gasteiger partial charge in [0.1, 0.15) is 0 Å². The van der Waals surface area contributed by atoms with Crippen LogP contribution in [0.1, 0.15) is 37.7 Å². The van der Waals surface area contributed by atoms with Gasteiger partial charge in [-0.25, -0.2) is 8.42 Å². The van der Waals surface area contributed by atoms with Gasteiger partial charge < -0.3 is 0 Å². The fourth-order valence-corrected chi connectivity index (χ4v) is 4.30. The molecule has 0 aromatic heterocycles. The van der Waals surface area contributed by atoms with E-state index in [1.54, 1.807) is 30.9 Å². The predicted octanol–water partition coefficient (Wildman–Crippen LogP) is 2.81. The molecule has 1 aliphatic carbocycles. The second kappa shape index (κ2) is 7.78. The molecule has 136 valence electrons. The van der Waals surface area contributed by atoms with Gasteiger partial charge in [-0.1, -0.05) is 43.2 Å². The Morgan fingerprint density at radius 3 is 2.44 bits per heavy atom. The molecular formula is C17H24N4O2S2. The van der Waals surface area contributed by atoms with Crippen molar-refractivity contribution in [2.75, 3.05) is 23.4 Å². The van der Waals surface area contributed by atoms with E-state index in [2.05, 4.69) is 10.5 Å². The monoisotopic (exact) mass is 380 g/mol. The lowest BCUT2D eigenvalue weighted by atomic mass is 9.96. The number of thioether (sulfide) groups is 1. The average molecular weight is 381 g/mol. The van der Waals surface area contributed by atoms with Gasteiger partial charge in [-0.3, -0.25) is 14.7 Å². The van der Waals surface area contributed by atoms with Gasteiger partial charge in [0.15, 0.2) is 5.17 Å². The Labute approximate surface area is 153 Å². The second-order valence-electron chi connectivity index (χ2n) is 6.46. The summed E-state index contributed by atoms with van der Waals surface area (Å²) >= 11 is 1.68. The first kappa shape index (κ1) is 18.3. The third kappa shape index (κ3) is 4.76. The molecule has 0 bridgehead atoms. The average Bonchev–Trinajstić information content (AvgIpc) is 2.62. The van der Waals surface area contributed by atoms with Gasteiger partial charge in [-0.15, -0.1) is 0 Å². The fourth-order valence-electron chi connectivity index (χ4n) is 2.96. The number of anilines is 1. The van der Waals surface area contributed by atoms with Crippen molar-refractivity contribution in [2.24, 2.45) is 10.1 Å². The van der Waals surface area contributed by atoms with E-state index in [4.69, 9.17) is 4.99 Å². The normalized spacial score (nSPS) is 20.9. The zero-order valence-electron chi connectivity index (χ0n) is 14.6. The molecule has 0 saturated heterocycles. The molecule has 0 atom stereocenters. The zero-order valence-corrected chi connectivity index (χ0v) is 16.2. The van der Waals surface area contributed by atoms with Crippen LogP contribution in [0.15, 0.2) is 34.4 Å². The molecule has 1 aromatic rings. The minimum atomic E-state index is -3.24. The molecule has 1 heterocycles. The lowest BCUT2D eigenvalue weighted by Crippen LogP contribution is -2.27. The molecule has 1 aliphatic heterocycles. The Morgan fingerprint density at radius 1 is 1.20 bits per heavy atom. The van der Waals surface area contributed by atoms with Crippen LogP contribution in [0.3, 0.4) is 0 Å². The van der Waals surface area contributed by atoms with Gasteiger partial charge in [-0.2, -0.15) is 5.10 Å². The molecule has 8 heteroatoms. The first-order valence-corrected chi connectivity index (χ1v) is 11.3. The van der Waals surface area contributed by atoms with Crippen LogP contribution in [0, 0.1) is 0 Å². The Balaban J connectivity index is 1.66. The Bertz CT molecular complexity index is 766. The summed E-state index contributed by atoms with van der Waals surface area (Å²) in [6, 6.07) is 7.85. The number of sulfonamides is 1. The summed E-state index contributed by atoms with van der Waals surface area (Å²) < 4.78 is 24.5. The number of hydrazone groups is 1. The first-order chi connectivity index (χ1) is 11.9. The second-order valence-corrected chi connectivity index (χ2v) is 9.44. The highest BCUT2D eigenvalue weighted by atomic mass is 32.2. The third-order valence-electron chi connectivity index (χ3n) is 4.57. The maximum Gasteiger partial charge on any atom is 0.231 e. The summed E-state index contributed by atoms with van der Waals surface area (Å²) in [7, 11) is -1.69. The van der Waals surface area contributed by atoms with Crippen LogP contribution in [0.4, 0.5) is 5.69 Å². The smallest absolute Gasteiger partial charge is 0.231 e. The minimum absolute atomic E-state index is 0.436. The third-order valence-corrected chi connectivity index (χ3v) is 6.66. The molecule has 3 rings (SSSR count). The van der Waals surface area contributed by atoms with Gasteiger partial charge in [-0.05, 0) is 30.5 Å². The standard InChI is InChI=1S/C17H24N4O2S2/c1-21(25(2,22)23)15-10-8-13(9-11-15)16-12-24-17(20-19-16)18-14-6-4-3-5-7-14/h8-11,14H,3-7,12H2,1-2H3,(H,18,20). The van der Waals surface area contributed by atoms with Crippen molar-refractivity contribution in [3.63, 3.8) is 0 Å². The van der Waals surface area contributed by atoms with Crippen molar-refractivity contribution in [1.82, 2.24) is 5.43 Å². The van der Waals surface area contributed by atoms with Crippen molar-refractivity contribution >= 4 is 38.4 Å². The number of benzene rings is 1. The number of nitrogens with zero attached hydrogens (tertiary/aromatic N) is 3. The maximum atomic E-state index is 11.6. The van der Waals surface area contributed by atoms with E-state index in [0.717, 1.165) is 22.2 Å². The molecule has 25 heavy (non-hydrogen) atoms. The van der Waals surface area contributed by atoms with Crippen molar-refractivity contribution in [3.8, 4) is 0 Å². The van der Waals surface area contributed by atoms with E-state index in [1.165, 1.54) is 42.7 Å². The quantitative estimate of drug-likeness (QED) is 0.872. The Morgan fingerprint density at radius 2 is 1.88 bits per heavy atom. The van der Waals surface area contributed by atoms with Crippen molar-refractivity contribution in [2.45, 2.75) is 38.1 Å². The first-order valence-electron chi connectivity index (χ1n) is 8.51. The van der Waals surface area contributed by atoms with Gasteiger partial charge in [0, 0.05) is 12.8 Å². The van der Waals surface area contributed by atoms with Crippen molar-refractivity contribution in [3.05, 3.63) is 29.8 Å². The number of rotatable bonds is 4. The molecule has 0 spiro atoms. The fraction of sp³-hybridized carbons (Fsp3) is 0.529. The molecule has 1 aromatic carbocycles. The van der Waals surface area contributed by atoms with Crippen LogP contribution in [0.2, 0.25) is 0 Å². The van der Waals surface area contributed by atoms with Crippen molar-refractivity contribution in [1.29, 1.82) is 0 Å². The van der Waals surface area contributed by atoms with E-state index in [1.807, 2.05) is 12.1 Å². The minimum Gasteiger partial charge on any atom is -0.274 e. The van der Waals surface area contributed by atoms with Crippen LogP contribution in [-0.4, -0.2) is 44.4 Å². The van der Waals surface area contributed by atoms with Gasteiger partial charge in [0.05, 0.1) is 23.7 Å². The van der Waals surface area contributed by atoms with Crippen LogP contribution in [-0.2, 0) is 10.0 Å². The molecule has 2 aliphatic rings. The SMILES string of the molecule is CN(c1ccc(C2=NNC(=NC3CCCCC3)SC2)cc1)S(C)(=O)=O. The van der Waals surface area contributed by atoms with Crippen LogP contribution >= 0.6 is 11.8 Å². The summed E-state index contributed by atoms with van der Waals surface area (Å²) in [6.45, 7) is 0. The lowest BCUT2D eigenvalue weighted by molar-refractivity contribution is 0.443. The largest absolute Gasteiger partial charge is 0.274 e. The van der Waals surface area contributed by atoms with Crippen LogP contribution in [0.5, 0.6) is 0 Å². The van der Waals surface area contributed by atoms with Gasteiger partial charge >= 0.3 is 0 Å². The number of nitrogens with one attached hydrogen (secondary N) is 1. The molecule has 6 nitrogen and oxygen atoms in total. The highest BCUT2D eigenvalue weighted by Gasteiger charge is 2.18. The van der Waals surface area contributed by atoms with E-state index in [9.17, 15) is 8.42 Å². The van der Waals surface area contributed by atoms with E-state index in [0.29, 0.717) is 11.7 Å². The van der Waals surface area contributed by atoms with E-state index < -0.39 is 10.0 Å². The molecule has 1 fully saturated rings. The summed E-state index contributed by atoms with van der Waals surface area (Å²) in [5.41, 5.74) is 5.65.